The summed E-state index contributed by atoms with van der Waals surface area (Å²) in [6.45, 7) is 10.7. The molecule has 2 aliphatic rings. The summed E-state index contributed by atoms with van der Waals surface area (Å²) in [6.07, 6.45) is 5.82. The minimum atomic E-state index is -0.166. The van der Waals surface area contributed by atoms with E-state index in [2.05, 4.69) is 22.2 Å². The van der Waals surface area contributed by atoms with Crippen molar-refractivity contribution in [3.05, 3.63) is 0 Å². The maximum atomic E-state index is 2.80. The molecule has 0 amide bonds. The van der Waals surface area contributed by atoms with Crippen LogP contribution in [-0.2, 0) is 0 Å². The second kappa shape index (κ2) is 5.61. The molecule has 0 unspecified atom stereocenters. The Labute approximate surface area is 98.0 Å². The monoisotopic (exact) mass is 240 g/mol. The van der Waals surface area contributed by atoms with Crippen molar-refractivity contribution in [1.29, 1.82) is 0 Å². The molecule has 0 atom stereocenters. The lowest BCUT2D eigenvalue weighted by molar-refractivity contribution is 0.524. The highest BCUT2D eigenvalue weighted by Crippen LogP contribution is 2.17. The molecule has 2 heterocycles. The average Bonchev–Trinajstić information content (AvgIpc) is 2.91. The molecule has 15 heavy (non-hydrogen) atoms. The van der Waals surface area contributed by atoms with Crippen LogP contribution in [0.5, 0.6) is 0 Å². The second-order valence-corrected chi connectivity index (χ2v) is 10.7. The molecule has 2 fully saturated rings. The second-order valence-electron chi connectivity index (χ2n) is 5.04. The highest BCUT2D eigenvalue weighted by Gasteiger charge is 2.26. The van der Waals surface area contributed by atoms with Gasteiger partial charge >= 0.3 is 0 Å². The first kappa shape index (κ1) is 11.8. The van der Waals surface area contributed by atoms with E-state index in [0.29, 0.717) is 0 Å². The smallest absolute Gasteiger partial charge is 0.131 e. The Bertz CT molecular complexity index is 169. The van der Waals surface area contributed by atoms with Crippen LogP contribution < -0.4 is 0 Å². The van der Waals surface area contributed by atoms with Gasteiger partial charge in [0.1, 0.15) is 17.9 Å². The van der Waals surface area contributed by atoms with Gasteiger partial charge in [0, 0.05) is 0 Å². The summed E-state index contributed by atoms with van der Waals surface area (Å²) >= 11 is 0. The number of hydrogen-bond donors (Lipinski definition) is 0. The van der Waals surface area contributed by atoms with Crippen molar-refractivity contribution in [2.75, 3.05) is 26.2 Å². The molecule has 2 radical (unpaired) electrons. The largest absolute Gasteiger partial charge is 0.324 e. The minimum absolute atomic E-state index is 0.166. The van der Waals surface area contributed by atoms with E-state index in [4.69, 9.17) is 0 Å². The lowest BCUT2D eigenvalue weighted by Gasteiger charge is -2.28. The fraction of sp³-hybridized carbons (Fsp3) is 1.00. The molecular formula is C11H24N2Si2. The molecule has 2 rings (SSSR count). The lowest BCUT2D eigenvalue weighted by Crippen LogP contribution is -2.43. The molecule has 0 aromatic heterocycles. The van der Waals surface area contributed by atoms with Crippen LogP contribution in [0.3, 0.4) is 0 Å². The molecule has 0 aliphatic carbocycles. The van der Waals surface area contributed by atoms with Gasteiger partial charge in [-0.1, -0.05) is 13.1 Å². The van der Waals surface area contributed by atoms with Gasteiger partial charge in [0.05, 0.1) is 0 Å². The van der Waals surface area contributed by atoms with Crippen molar-refractivity contribution in [3.63, 3.8) is 0 Å². The molecule has 0 spiro atoms. The Balaban J connectivity index is 1.74. The SMILES string of the molecule is C[Si](C[Si](C)N1CCCC1)N1CCCC1. The van der Waals surface area contributed by atoms with E-state index in [1.54, 1.807) is 5.67 Å². The van der Waals surface area contributed by atoms with Gasteiger partial charge in [0.15, 0.2) is 0 Å². The predicted octanol–water partition coefficient (Wildman–Crippen LogP) is 1.96. The third-order valence-corrected chi connectivity index (χ3v) is 11.0. The highest BCUT2D eigenvalue weighted by molar-refractivity contribution is 6.73. The van der Waals surface area contributed by atoms with Gasteiger partial charge in [-0.05, 0) is 57.5 Å². The van der Waals surface area contributed by atoms with Crippen LogP contribution in [0.25, 0.3) is 0 Å². The minimum Gasteiger partial charge on any atom is -0.324 e. The van der Waals surface area contributed by atoms with E-state index in [9.17, 15) is 0 Å². The maximum absolute atomic E-state index is 2.80. The van der Waals surface area contributed by atoms with Gasteiger partial charge in [-0.2, -0.15) is 0 Å². The first-order valence-electron chi connectivity index (χ1n) is 6.42. The third-order valence-electron chi connectivity index (χ3n) is 3.80. The molecule has 0 bridgehead atoms. The summed E-state index contributed by atoms with van der Waals surface area (Å²) in [6, 6.07) is 0. The summed E-state index contributed by atoms with van der Waals surface area (Å²) in [7, 11) is -0.332. The standard InChI is InChI=1S/C11H24N2Si2/c1-14(12-7-3-4-8-12)11-15(2)13-9-5-6-10-13/h3-11H2,1-2H3. The molecule has 2 saturated heterocycles. The molecular weight excluding hydrogens is 216 g/mol. The summed E-state index contributed by atoms with van der Waals surface area (Å²) in [5.74, 6) is 0. The number of rotatable bonds is 4. The van der Waals surface area contributed by atoms with Gasteiger partial charge in [-0.3, -0.25) is 0 Å². The first-order chi connectivity index (χ1) is 7.27. The summed E-state index contributed by atoms with van der Waals surface area (Å²) in [5, 5.41) is 0. The fourth-order valence-corrected chi connectivity index (χ4v) is 9.70. The predicted molar refractivity (Wildman–Crippen MR) is 69.7 cm³/mol. The van der Waals surface area contributed by atoms with Crippen molar-refractivity contribution < 1.29 is 0 Å². The van der Waals surface area contributed by atoms with Crippen molar-refractivity contribution in [3.8, 4) is 0 Å². The molecule has 2 aliphatic heterocycles. The molecule has 2 nitrogen and oxygen atoms in total. The third kappa shape index (κ3) is 3.15. The Hall–Kier alpha value is 0.354. The van der Waals surface area contributed by atoms with Gasteiger partial charge < -0.3 is 9.13 Å². The molecule has 0 N–H and O–H groups in total. The van der Waals surface area contributed by atoms with E-state index in [1.165, 1.54) is 51.9 Å². The average molecular weight is 240 g/mol. The summed E-state index contributed by atoms with van der Waals surface area (Å²) < 4.78 is 5.60. The Morgan fingerprint density at radius 2 is 1.07 bits per heavy atom. The van der Waals surface area contributed by atoms with Crippen LogP contribution in [0.15, 0.2) is 0 Å². The van der Waals surface area contributed by atoms with Gasteiger partial charge in [0.2, 0.25) is 0 Å². The van der Waals surface area contributed by atoms with E-state index in [-0.39, 0.29) is 17.9 Å². The summed E-state index contributed by atoms with van der Waals surface area (Å²) in [5.41, 5.74) is 1.56. The molecule has 86 valence electrons. The number of hydrogen-bond acceptors (Lipinski definition) is 2. The van der Waals surface area contributed by atoms with E-state index < -0.39 is 0 Å². The lowest BCUT2D eigenvalue weighted by atomic mass is 10.4. The Morgan fingerprint density at radius 3 is 1.40 bits per heavy atom. The zero-order valence-electron chi connectivity index (χ0n) is 10.3. The Kier molecular flexibility index (Phi) is 4.43. The molecule has 4 heteroatoms. The number of nitrogens with zero attached hydrogens (tertiary/aromatic N) is 2. The highest BCUT2D eigenvalue weighted by atomic mass is 28.3. The van der Waals surface area contributed by atoms with Crippen LogP contribution in [0, 0.1) is 0 Å². The van der Waals surface area contributed by atoms with E-state index >= 15 is 0 Å². The van der Waals surface area contributed by atoms with Crippen molar-refractivity contribution in [2.45, 2.75) is 44.4 Å². The Morgan fingerprint density at radius 1 is 0.733 bits per heavy atom. The summed E-state index contributed by atoms with van der Waals surface area (Å²) in [4.78, 5) is 0. The first-order valence-corrected chi connectivity index (χ1v) is 10.7. The zero-order chi connectivity index (χ0) is 10.7. The van der Waals surface area contributed by atoms with Gasteiger partial charge in [-0.15, -0.1) is 0 Å². The molecule has 0 saturated carbocycles. The van der Waals surface area contributed by atoms with Crippen LogP contribution in [0.4, 0.5) is 0 Å². The van der Waals surface area contributed by atoms with Crippen LogP contribution >= 0.6 is 0 Å². The molecule has 0 aromatic rings. The van der Waals surface area contributed by atoms with Crippen LogP contribution in [0.2, 0.25) is 18.8 Å². The normalized spacial score (nSPS) is 24.8. The van der Waals surface area contributed by atoms with Crippen molar-refractivity contribution in [1.82, 2.24) is 9.13 Å². The van der Waals surface area contributed by atoms with Crippen molar-refractivity contribution in [2.24, 2.45) is 0 Å². The van der Waals surface area contributed by atoms with Crippen molar-refractivity contribution >= 4 is 17.9 Å². The van der Waals surface area contributed by atoms with E-state index in [0.717, 1.165) is 0 Å². The van der Waals surface area contributed by atoms with Crippen LogP contribution in [0.1, 0.15) is 25.7 Å². The van der Waals surface area contributed by atoms with Gasteiger partial charge in [-0.25, -0.2) is 0 Å². The zero-order valence-corrected chi connectivity index (χ0v) is 12.3. The topological polar surface area (TPSA) is 6.48 Å². The van der Waals surface area contributed by atoms with Gasteiger partial charge in [0.25, 0.3) is 0 Å². The maximum Gasteiger partial charge on any atom is 0.131 e. The quantitative estimate of drug-likeness (QED) is 0.693. The van der Waals surface area contributed by atoms with Crippen LogP contribution in [-0.4, -0.2) is 53.2 Å². The fourth-order valence-electron chi connectivity index (χ4n) is 2.79. The molecule has 0 aromatic carbocycles. The van der Waals surface area contributed by atoms with E-state index in [1.807, 2.05) is 0 Å².